The van der Waals surface area contributed by atoms with E-state index in [0.717, 1.165) is 41.5 Å². The summed E-state index contributed by atoms with van der Waals surface area (Å²) in [5.74, 6) is -0.163. The molecule has 1 aromatic rings. The molecule has 2 aliphatic rings. The van der Waals surface area contributed by atoms with Gasteiger partial charge in [-0.15, -0.1) is 0 Å². The van der Waals surface area contributed by atoms with Crippen molar-refractivity contribution in [3.05, 3.63) is 40.0 Å². The zero-order chi connectivity index (χ0) is 15.1. The fourth-order valence-corrected chi connectivity index (χ4v) is 3.64. The molecule has 0 heterocycles. The van der Waals surface area contributed by atoms with Gasteiger partial charge in [-0.1, -0.05) is 26.0 Å². The second-order valence-corrected chi connectivity index (χ2v) is 6.69. The van der Waals surface area contributed by atoms with Crippen LogP contribution in [0.5, 0.6) is 0 Å². The molecule has 2 aliphatic carbocycles. The summed E-state index contributed by atoms with van der Waals surface area (Å²) in [5, 5.41) is 0. The van der Waals surface area contributed by atoms with Crippen molar-refractivity contribution in [2.45, 2.75) is 52.9 Å². The maximum absolute atomic E-state index is 12.6. The number of hydrogen-bond donors (Lipinski definition) is 0. The maximum atomic E-state index is 12.6. The summed E-state index contributed by atoms with van der Waals surface area (Å²) >= 11 is 0. The first kappa shape index (κ1) is 14.2. The molecular weight excluding hydrogens is 260 g/mol. The van der Waals surface area contributed by atoms with Gasteiger partial charge in [0.1, 0.15) is 0 Å². The Hall–Kier alpha value is -1.70. The minimum absolute atomic E-state index is 0.271. The number of carbonyl (C=O) groups excluding carboxylic acids is 2. The summed E-state index contributed by atoms with van der Waals surface area (Å²) in [6.07, 6.45) is 4.96. The number of Topliss-reactive ketones (excluding diaryl/α,β-unsaturated/α-hetero) is 2. The zero-order valence-corrected chi connectivity index (χ0v) is 13.1. The Balaban J connectivity index is 2.20. The monoisotopic (exact) mass is 282 g/mol. The summed E-state index contributed by atoms with van der Waals surface area (Å²) in [6.45, 7) is 6.16. The lowest BCUT2D eigenvalue weighted by atomic mass is 9.76. The van der Waals surface area contributed by atoms with Crippen molar-refractivity contribution in [3.8, 4) is 0 Å². The number of hydrogen-bond acceptors (Lipinski definition) is 2. The molecule has 0 spiro atoms. The number of carbonyl (C=O) groups is 2. The van der Waals surface area contributed by atoms with Gasteiger partial charge in [-0.2, -0.15) is 0 Å². The molecule has 0 N–H and O–H groups in total. The fraction of sp³-hybridized carbons (Fsp3) is 0.474. The third-order valence-corrected chi connectivity index (χ3v) is 4.71. The normalized spacial score (nSPS) is 18.1. The molecule has 0 unspecified atom stereocenters. The van der Waals surface area contributed by atoms with E-state index in [1.807, 2.05) is 6.92 Å². The molecule has 0 saturated carbocycles. The van der Waals surface area contributed by atoms with Crippen molar-refractivity contribution in [2.24, 2.45) is 5.92 Å². The smallest absolute Gasteiger partial charge is 0.234 e. The Morgan fingerprint density at radius 2 is 1.76 bits per heavy atom. The van der Waals surface area contributed by atoms with E-state index in [2.05, 4.69) is 26.0 Å². The topological polar surface area (TPSA) is 34.1 Å². The van der Waals surface area contributed by atoms with E-state index in [9.17, 15) is 9.59 Å². The molecule has 2 nitrogen and oxygen atoms in total. The number of rotatable bonds is 2. The van der Waals surface area contributed by atoms with E-state index in [1.165, 1.54) is 12.0 Å². The maximum Gasteiger partial charge on any atom is 0.234 e. The van der Waals surface area contributed by atoms with Crippen LogP contribution in [0.1, 0.15) is 67.1 Å². The molecule has 0 saturated heterocycles. The van der Waals surface area contributed by atoms with E-state index < -0.39 is 0 Å². The van der Waals surface area contributed by atoms with Crippen molar-refractivity contribution >= 4 is 17.1 Å². The number of ketones is 2. The Morgan fingerprint density at radius 3 is 2.48 bits per heavy atom. The summed E-state index contributed by atoms with van der Waals surface area (Å²) < 4.78 is 0. The zero-order valence-electron chi connectivity index (χ0n) is 13.1. The summed E-state index contributed by atoms with van der Waals surface area (Å²) in [6, 6.07) is 4.21. The van der Waals surface area contributed by atoms with Gasteiger partial charge >= 0.3 is 0 Å². The summed E-state index contributed by atoms with van der Waals surface area (Å²) in [4.78, 5) is 25.2. The van der Waals surface area contributed by atoms with E-state index >= 15 is 0 Å². The van der Waals surface area contributed by atoms with Crippen LogP contribution in [0.15, 0.2) is 17.7 Å². The largest absolute Gasteiger partial charge is 0.285 e. The van der Waals surface area contributed by atoms with E-state index in [1.54, 1.807) is 0 Å². The molecule has 1 aromatic carbocycles. The molecule has 0 aromatic heterocycles. The molecular formula is C19H22O2. The fourth-order valence-electron chi connectivity index (χ4n) is 3.64. The molecule has 0 amide bonds. The van der Waals surface area contributed by atoms with Crippen molar-refractivity contribution < 1.29 is 9.59 Å². The predicted octanol–water partition coefficient (Wildman–Crippen LogP) is 4.15. The highest BCUT2D eigenvalue weighted by molar-refractivity contribution is 6.52. The van der Waals surface area contributed by atoms with Crippen molar-refractivity contribution in [1.82, 2.24) is 0 Å². The van der Waals surface area contributed by atoms with Crippen LogP contribution < -0.4 is 0 Å². The Morgan fingerprint density at radius 1 is 1.05 bits per heavy atom. The van der Waals surface area contributed by atoms with Gasteiger partial charge in [-0.3, -0.25) is 9.59 Å². The highest BCUT2D eigenvalue weighted by Gasteiger charge is 2.34. The van der Waals surface area contributed by atoms with E-state index in [0.29, 0.717) is 17.9 Å². The Bertz CT molecular complexity index is 662. The lowest BCUT2D eigenvalue weighted by Gasteiger charge is -2.26. The van der Waals surface area contributed by atoms with E-state index in [4.69, 9.17) is 0 Å². The van der Waals surface area contributed by atoms with Crippen LogP contribution in [0, 0.1) is 5.92 Å². The highest BCUT2D eigenvalue weighted by atomic mass is 16.2. The standard InChI is InChI=1S/C19H22O2/c1-11(2)10-16-12(3)14-9-8-13-6-4-5-7-15(13)17(14)19(21)18(16)20/h8-9,11H,4-7,10H2,1-3H3. The van der Waals surface area contributed by atoms with Gasteiger partial charge < -0.3 is 0 Å². The van der Waals surface area contributed by atoms with Crippen LogP contribution in [0.2, 0.25) is 0 Å². The second kappa shape index (κ2) is 5.25. The van der Waals surface area contributed by atoms with Gasteiger partial charge in [0.2, 0.25) is 11.6 Å². The molecule has 21 heavy (non-hydrogen) atoms. The van der Waals surface area contributed by atoms with Crippen LogP contribution in [-0.4, -0.2) is 11.6 Å². The third-order valence-electron chi connectivity index (χ3n) is 4.71. The quantitative estimate of drug-likeness (QED) is 0.764. The third kappa shape index (κ3) is 2.27. The van der Waals surface area contributed by atoms with Crippen molar-refractivity contribution in [3.63, 3.8) is 0 Å². The van der Waals surface area contributed by atoms with Crippen molar-refractivity contribution in [1.29, 1.82) is 0 Å². The molecule has 0 atom stereocenters. The average Bonchev–Trinajstić information content (AvgIpc) is 2.48. The molecule has 110 valence electrons. The van der Waals surface area contributed by atoms with Crippen LogP contribution in [0.25, 0.3) is 5.57 Å². The van der Waals surface area contributed by atoms with E-state index in [-0.39, 0.29) is 11.6 Å². The average molecular weight is 282 g/mol. The summed E-state index contributed by atoms with van der Waals surface area (Å²) in [5.41, 5.74) is 5.84. The van der Waals surface area contributed by atoms with Gasteiger partial charge in [0.25, 0.3) is 0 Å². The first-order chi connectivity index (χ1) is 10.0. The van der Waals surface area contributed by atoms with Gasteiger partial charge in [-0.25, -0.2) is 0 Å². The van der Waals surface area contributed by atoms with Crippen LogP contribution in [0.4, 0.5) is 0 Å². The number of benzene rings is 1. The van der Waals surface area contributed by atoms with Crippen LogP contribution >= 0.6 is 0 Å². The number of allylic oxidation sites excluding steroid dienone is 2. The second-order valence-electron chi connectivity index (χ2n) is 6.69. The minimum atomic E-state index is -0.273. The Kier molecular flexibility index (Phi) is 3.56. The SMILES string of the molecule is CC1=C(CC(C)C)C(=O)C(=O)c2c1ccc1c2CCCC1. The van der Waals surface area contributed by atoms with Gasteiger partial charge in [-0.05, 0) is 67.2 Å². The Labute approximate surface area is 126 Å². The van der Waals surface area contributed by atoms with Gasteiger partial charge in [0, 0.05) is 11.1 Å². The lowest BCUT2D eigenvalue weighted by molar-refractivity contribution is -0.112. The first-order valence-corrected chi connectivity index (χ1v) is 7.94. The molecule has 0 radical (unpaired) electrons. The van der Waals surface area contributed by atoms with Gasteiger partial charge in [0.15, 0.2) is 0 Å². The molecule has 0 fully saturated rings. The molecule has 0 bridgehead atoms. The minimum Gasteiger partial charge on any atom is -0.285 e. The number of aryl methyl sites for hydroxylation is 1. The first-order valence-electron chi connectivity index (χ1n) is 7.94. The molecule has 0 aliphatic heterocycles. The predicted molar refractivity (Wildman–Crippen MR) is 84.5 cm³/mol. The van der Waals surface area contributed by atoms with Gasteiger partial charge in [0.05, 0.1) is 0 Å². The molecule has 2 heteroatoms. The van der Waals surface area contributed by atoms with Crippen LogP contribution in [-0.2, 0) is 17.6 Å². The lowest BCUT2D eigenvalue weighted by Crippen LogP contribution is -2.27. The highest BCUT2D eigenvalue weighted by Crippen LogP contribution is 2.37. The van der Waals surface area contributed by atoms with Crippen LogP contribution in [0.3, 0.4) is 0 Å². The summed E-state index contributed by atoms with van der Waals surface area (Å²) in [7, 11) is 0. The van der Waals surface area contributed by atoms with Crippen molar-refractivity contribution in [2.75, 3.05) is 0 Å². The number of fused-ring (bicyclic) bond motifs is 3. The molecule has 3 rings (SSSR count).